The second-order valence-corrected chi connectivity index (χ2v) is 4.67. The highest BCUT2D eigenvalue weighted by atomic mass is 16.7. The highest BCUT2D eigenvalue weighted by Gasteiger charge is 2.41. The van der Waals surface area contributed by atoms with Gasteiger partial charge in [-0.25, -0.2) is 0 Å². The average molecular weight is 233 g/mol. The standard InChI is InChI=1S/C13H15NO3/c1-9-2-3-11-10(6-9)7-13(8-12(15)14-11)16-4-5-17-13/h2-3,6H,4-5,7-8H2,1H3,(H,14,15). The first kappa shape index (κ1) is 10.7. The summed E-state index contributed by atoms with van der Waals surface area (Å²) in [6, 6.07) is 6.01. The zero-order valence-corrected chi connectivity index (χ0v) is 9.79. The summed E-state index contributed by atoms with van der Waals surface area (Å²) in [5, 5.41) is 2.90. The van der Waals surface area contributed by atoms with Crippen LogP contribution in [0.1, 0.15) is 17.5 Å². The van der Waals surface area contributed by atoms with Crippen LogP contribution in [-0.4, -0.2) is 24.9 Å². The molecule has 0 saturated carbocycles. The zero-order chi connectivity index (χ0) is 11.9. The number of hydrogen-bond donors (Lipinski definition) is 1. The number of amides is 1. The summed E-state index contributed by atoms with van der Waals surface area (Å²) in [4.78, 5) is 11.8. The molecule has 0 unspecified atom stereocenters. The number of carbonyl (C=O) groups is 1. The molecule has 2 aliphatic rings. The molecule has 90 valence electrons. The van der Waals surface area contributed by atoms with Crippen molar-refractivity contribution in [2.24, 2.45) is 0 Å². The van der Waals surface area contributed by atoms with Crippen LogP contribution in [-0.2, 0) is 20.7 Å². The normalized spacial score (nSPS) is 22.1. The van der Waals surface area contributed by atoms with E-state index in [4.69, 9.17) is 9.47 Å². The fourth-order valence-corrected chi connectivity index (χ4v) is 2.48. The van der Waals surface area contributed by atoms with Gasteiger partial charge in [0, 0.05) is 12.1 Å². The average Bonchev–Trinajstić information content (AvgIpc) is 2.64. The number of rotatable bonds is 0. The Hall–Kier alpha value is -1.39. The Balaban J connectivity index is 2.02. The number of fused-ring (bicyclic) bond motifs is 1. The fourth-order valence-electron chi connectivity index (χ4n) is 2.48. The summed E-state index contributed by atoms with van der Waals surface area (Å²) in [7, 11) is 0. The van der Waals surface area contributed by atoms with Gasteiger partial charge in [0.15, 0.2) is 5.79 Å². The van der Waals surface area contributed by atoms with Crippen LogP contribution in [0, 0.1) is 6.92 Å². The molecule has 1 amide bonds. The minimum atomic E-state index is -0.747. The Bertz CT molecular complexity index is 464. The molecule has 1 fully saturated rings. The highest BCUT2D eigenvalue weighted by molar-refractivity contribution is 5.93. The van der Waals surface area contributed by atoms with Gasteiger partial charge in [-0.3, -0.25) is 4.79 Å². The monoisotopic (exact) mass is 233 g/mol. The topological polar surface area (TPSA) is 47.6 Å². The lowest BCUT2D eigenvalue weighted by molar-refractivity contribution is -0.165. The summed E-state index contributed by atoms with van der Waals surface area (Å²) in [6.45, 7) is 3.17. The Morgan fingerprint density at radius 1 is 1.24 bits per heavy atom. The third kappa shape index (κ3) is 1.94. The van der Waals surface area contributed by atoms with E-state index >= 15 is 0 Å². The van der Waals surface area contributed by atoms with Crippen molar-refractivity contribution in [3.05, 3.63) is 29.3 Å². The lowest BCUT2D eigenvalue weighted by Crippen LogP contribution is -2.35. The third-order valence-corrected chi connectivity index (χ3v) is 3.24. The molecule has 0 radical (unpaired) electrons. The van der Waals surface area contributed by atoms with E-state index in [1.807, 2.05) is 19.1 Å². The van der Waals surface area contributed by atoms with Crippen LogP contribution >= 0.6 is 0 Å². The maximum Gasteiger partial charge on any atom is 0.229 e. The molecule has 1 aromatic carbocycles. The Kier molecular flexibility index (Phi) is 2.42. The van der Waals surface area contributed by atoms with Crippen LogP contribution < -0.4 is 5.32 Å². The van der Waals surface area contributed by atoms with Crippen molar-refractivity contribution in [3.8, 4) is 0 Å². The zero-order valence-electron chi connectivity index (χ0n) is 9.79. The van der Waals surface area contributed by atoms with E-state index in [0.717, 1.165) is 11.3 Å². The fraction of sp³-hybridized carbons (Fsp3) is 0.462. The quantitative estimate of drug-likeness (QED) is 0.740. The molecule has 1 spiro atoms. The van der Waals surface area contributed by atoms with Crippen LogP contribution in [0.25, 0.3) is 0 Å². The molecule has 1 N–H and O–H groups in total. The maximum atomic E-state index is 11.8. The number of nitrogens with one attached hydrogen (secondary N) is 1. The summed E-state index contributed by atoms with van der Waals surface area (Å²) in [5.74, 6) is -0.794. The van der Waals surface area contributed by atoms with Gasteiger partial charge in [-0.2, -0.15) is 0 Å². The van der Waals surface area contributed by atoms with Gasteiger partial charge in [0.25, 0.3) is 0 Å². The SMILES string of the molecule is Cc1ccc2c(c1)CC1(CC(=O)N2)OCCO1. The van der Waals surface area contributed by atoms with E-state index in [0.29, 0.717) is 19.6 Å². The molecule has 2 heterocycles. The van der Waals surface area contributed by atoms with Crippen molar-refractivity contribution in [1.82, 2.24) is 0 Å². The molecule has 0 atom stereocenters. The predicted octanol–water partition coefficient (Wildman–Crippen LogP) is 1.62. The van der Waals surface area contributed by atoms with Crippen molar-refractivity contribution >= 4 is 11.6 Å². The lowest BCUT2D eigenvalue weighted by atomic mass is 10.0. The minimum Gasteiger partial charge on any atom is -0.347 e. The molecule has 4 nitrogen and oxygen atoms in total. The largest absolute Gasteiger partial charge is 0.347 e. The van der Waals surface area contributed by atoms with E-state index in [1.165, 1.54) is 5.56 Å². The van der Waals surface area contributed by atoms with Crippen LogP contribution in [0.15, 0.2) is 18.2 Å². The molecule has 0 aliphatic carbocycles. The molecule has 1 saturated heterocycles. The molecular weight excluding hydrogens is 218 g/mol. The van der Waals surface area contributed by atoms with Gasteiger partial charge in [0.2, 0.25) is 5.91 Å². The van der Waals surface area contributed by atoms with Crippen LogP contribution in [0.4, 0.5) is 5.69 Å². The number of aryl methyl sites for hydroxylation is 1. The molecule has 1 aromatic rings. The van der Waals surface area contributed by atoms with Gasteiger partial charge < -0.3 is 14.8 Å². The molecule has 0 aromatic heterocycles. The first-order chi connectivity index (χ1) is 8.17. The molecule has 0 bridgehead atoms. The van der Waals surface area contributed by atoms with Crippen molar-refractivity contribution < 1.29 is 14.3 Å². The Labute approximate surface area is 99.9 Å². The first-order valence-corrected chi connectivity index (χ1v) is 5.84. The second kappa shape index (κ2) is 3.82. The van der Waals surface area contributed by atoms with Gasteiger partial charge in [0.1, 0.15) is 0 Å². The molecule has 3 rings (SSSR count). The summed E-state index contributed by atoms with van der Waals surface area (Å²) in [6.07, 6.45) is 0.892. The summed E-state index contributed by atoms with van der Waals surface area (Å²) >= 11 is 0. The van der Waals surface area contributed by atoms with E-state index in [-0.39, 0.29) is 12.3 Å². The summed E-state index contributed by atoms with van der Waals surface area (Å²) < 4.78 is 11.3. The van der Waals surface area contributed by atoms with E-state index in [2.05, 4.69) is 11.4 Å². The number of anilines is 1. The van der Waals surface area contributed by atoms with Gasteiger partial charge in [0.05, 0.1) is 19.6 Å². The van der Waals surface area contributed by atoms with Gasteiger partial charge in [-0.1, -0.05) is 17.7 Å². The van der Waals surface area contributed by atoms with Gasteiger partial charge in [-0.05, 0) is 18.6 Å². The highest BCUT2D eigenvalue weighted by Crippen LogP contribution is 2.34. The minimum absolute atomic E-state index is 0.0468. The van der Waals surface area contributed by atoms with Crippen LogP contribution in [0.2, 0.25) is 0 Å². The number of ether oxygens (including phenoxy) is 2. The first-order valence-electron chi connectivity index (χ1n) is 5.84. The van der Waals surface area contributed by atoms with E-state index in [9.17, 15) is 4.79 Å². The van der Waals surface area contributed by atoms with Crippen molar-refractivity contribution in [2.75, 3.05) is 18.5 Å². The van der Waals surface area contributed by atoms with Gasteiger partial charge >= 0.3 is 0 Å². The summed E-state index contributed by atoms with van der Waals surface area (Å²) in [5.41, 5.74) is 3.13. The Morgan fingerprint density at radius 2 is 2.00 bits per heavy atom. The predicted molar refractivity (Wildman–Crippen MR) is 62.8 cm³/mol. The van der Waals surface area contributed by atoms with E-state index < -0.39 is 5.79 Å². The van der Waals surface area contributed by atoms with Crippen molar-refractivity contribution in [3.63, 3.8) is 0 Å². The Morgan fingerprint density at radius 3 is 2.76 bits per heavy atom. The molecule has 17 heavy (non-hydrogen) atoms. The number of carbonyl (C=O) groups excluding carboxylic acids is 1. The number of hydrogen-bond acceptors (Lipinski definition) is 3. The molecule has 4 heteroatoms. The van der Waals surface area contributed by atoms with Crippen molar-refractivity contribution in [2.45, 2.75) is 25.6 Å². The maximum absolute atomic E-state index is 11.8. The van der Waals surface area contributed by atoms with Gasteiger partial charge in [-0.15, -0.1) is 0 Å². The molecular formula is C13H15NO3. The third-order valence-electron chi connectivity index (χ3n) is 3.24. The smallest absolute Gasteiger partial charge is 0.229 e. The van der Waals surface area contributed by atoms with Crippen LogP contribution in [0.3, 0.4) is 0 Å². The second-order valence-electron chi connectivity index (χ2n) is 4.67. The van der Waals surface area contributed by atoms with E-state index in [1.54, 1.807) is 0 Å². The number of benzene rings is 1. The van der Waals surface area contributed by atoms with Crippen LogP contribution in [0.5, 0.6) is 0 Å². The lowest BCUT2D eigenvalue weighted by Gasteiger charge is -2.24. The molecule has 2 aliphatic heterocycles. The van der Waals surface area contributed by atoms with Crippen molar-refractivity contribution in [1.29, 1.82) is 0 Å².